The number of halogens is 1. The zero-order valence-corrected chi connectivity index (χ0v) is 8.41. The van der Waals surface area contributed by atoms with Gasteiger partial charge < -0.3 is 0 Å². The van der Waals surface area contributed by atoms with Crippen molar-refractivity contribution in [3.05, 3.63) is 38.9 Å². The first-order chi connectivity index (χ1) is 6.97. The van der Waals surface area contributed by atoms with Crippen LogP contribution in [0.25, 0.3) is 0 Å². The predicted octanol–water partition coefficient (Wildman–Crippen LogP) is 2.15. The summed E-state index contributed by atoms with van der Waals surface area (Å²) in [5.74, 6) is 0. The molecule has 1 aromatic carbocycles. The molecule has 0 aliphatic rings. The zero-order chi connectivity index (χ0) is 11.6. The first kappa shape index (κ1) is 11.1. The second kappa shape index (κ2) is 4.07. The third kappa shape index (κ3) is 2.11. The van der Waals surface area contributed by atoms with Gasteiger partial charge in [0.2, 0.25) is 0 Å². The number of hydrogen-bond acceptors (Lipinski definition) is 4. The normalized spacial score (nSPS) is 9.40. The fraction of sp³-hybridized carbons (Fsp3) is 0.111. The topological polar surface area (TPSA) is 84.0 Å². The number of carbonyl (C=O) groups is 1. The number of nitriles is 1. The van der Waals surface area contributed by atoms with Gasteiger partial charge >= 0.3 is 0 Å². The summed E-state index contributed by atoms with van der Waals surface area (Å²) in [7, 11) is 0. The van der Waals surface area contributed by atoms with Crippen molar-refractivity contribution in [3.63, 3.8) is 0 Å². The average molecular weight is 225 g/mol. The van der Waals surface area contributed by atoms with E-state index in [0.29, 0.717) is 5.56 Å². The van der Waals surface area contributed by atoms with E-state index in [1.807, 2.05) is 0 Å². The molecule has 0 fully saturated rings. The van der Waals surface area contributed by atoms with Crippen LogP contribution >= 0.6 is 11.6 Å². The molecule has 0 radical (unpaired) electrons. The molecule has 0 aromatic heterocycles. The lowest BCUT2D eigenvalue weighted by molar-refractivity contribution is -0.385. The third-order valence-corrected chi connectivity index (χ3v) is 1.99. The predicted molar refractivity (Wildman–Crippen MR) is 52.7 cm³/mol. The van der Waals surface area contributed by atoms with Gasteiger partial charge in [0.05, 0.1) is 10.5 Å². The monoisotopic (exact) mass is 224 g/mol. The lowest BCUT2D eigenvalue weighted by Crippen LogP contribution is -2.01. The maximum Gasteiger partial charge on any atom is 0.288 e. The third-order valence-electron chi connectivity index (χ3n) is 1.78. The molecule has 6 heteroatoms. The zero-order valence-electron chi connectivity index (χ0n) is 7.65. The first-order valence-corrected chi connectivity index (χ1v) is 4.24. The SMILES string of the molecule is Cc1cc(C(=O)Cl)c(C#N)c([N+](=O)[O-])c1. The van der Waals surface area contributed by atoms with Gasteiger partial charge in [-0.25, -0.2) is 0 Å². The number of rotatable bonds is 2. The van der Waals surface area contributed by atoms with E-state index in [9.17, 15) is 14.9 Å². The summed E-state index contributed by atoms with van der Waals surface area (Å²) in [6, 6.07) is 4.18. The van der Waals surface area contributed by atoms with Crippen LogP contribution in [-0.2, 0) is 0 Å². The summed E-state index contributed by atoms with van der Waals surface area (Å²) >= 11 is 5.22. The Morgan fingerprint density at radius 3 is 2.60 bits per heavy atom. The Kier molecular flexibility index (Phi) is 3.02. The van der Waals surface area contributed by atoms with E-state index in [1.54, 1.807) is 13.0 Å². The Morgan fingerprint density at radius 2 is 2.20 bits per heavy atom. The van der Waals surface area contributed by atoms with Crippen molar-refractivity contribution in [1.29, 1.82) is 5.26 Å². The molecule has 76 valence electrons. The van der Waals surface area contributed by atoms with E-state index in [0.717, 1.165) is 0 Å². The first-order valence-electron chi connectivity index (χ1n) is 3.86. The quantitative estimate of drug-likeness (QED) is 0.438. The van der Waals surface area contributed by atoms with E-state index in [4.69, 9.17) is 16.9 Å². The number of aryl methyl sites for hydroxylation is 1. The molecule has 0 unspecified atom stereocenters. The van der Waals surface area contributed by atoms with Gasteiger partial charge in [-0.15, -0.1) is 0 Å². The van der Waals surface area contributed by atoms with Gasteiger partial charge in [0.1, 0.15) is 11.6 Å². The van der Waals surface area contributed by atoms with Crippen LogP contribution in [0.15, 0.2) is 12.1 Å². The van der Waals surface area contributed by atoms with E-state index in [1.165, 1.54) is 12.1 Å². The molecule has 0 bridgehead atoms. The van der Waals surface area contributed by atoms with Crippen LogP contribution in [0.1, 0.15) is 21.5 Å². The van der Waals surface area contributed by atoms with Crippen LogP contribution in [0.4, 0.5) is 5.69 Å². The largest absolute Gasteiger partial charge is 0.288 e. The molecule has 15 heavy (non-hydrogen) atoms. The molecule has 0 saturated heterocycles. The van der Waals surface area contributed by atoms with Gasteiger partial charge in [-0.2, -0.15) is 5.26 Å². The fourth-order valence-corrected chi connectivity index (χ4v) is 1.33. The van der Waals surface area contributed by atoms with Crippen molar-refractivity contribution >= 4 is 22.5 Å². The molecule has 0 amide bonds. The highest BCUT2D eigenvalue weighted by atomic mass is 35.5. The van der Waals surface area contributed by atoms with Crippen molar-refractivity contribution in [2.75, 3.05) is 0 Å². The number of hydrogen-bond donors (Lipinski definition) is 0. The number of nitro benzene ring substituents is 1. The van der Waals surface area contributed by atoms with Crippen LogP contribution in [0.3, 0.4) is 0 Å². The van der Waals surface area contributed by atoms with E-state index >= 15 is 0 Å². The summed E-state index contributed by atoms with van der Waals surface area (Å²) in [5.41, 5.74) is -0.331. The second-order valence-electron chi connectivity index (χ2n) is 2.85. The van der Waals surface area contributed by atoms with Gasteiger partial charge in [-0.3, -0.25) is 14.9 Å². The molecule has 1 aromatic rings. The van der Waals surface area contributed by atoms with E-state index in [2.05, 4.69) is 0 Å². The molecular weight excluding hydrogens is 220 g/mol. The Balaban J connectivity index is 3.62. The number of benzene rings is 1. The number of nitrogens with zero attached hydrogens (tertiary/aromatic N) is 2. The summed E-state index contributed by atoms with van der Waals surface area (Å²) in [5, 5.41) is 18.5. The highest BCUT2D eigenvalue weighted by Crippen LogP contribution is 2.24. The van der Waals surface area contributed by atoms with Crippen LogP contribution in [0.2, 0.25) is 0 Å². The van der Waals surface area contributed by atoms with Crippen LogP contribution in [0, 0.1) is 28.4 Å². The summed E-state index contributed by atoms with van der Waals surface area (Å²) in [6.45, 7) is 1.58. The van der Waals surface area contributed by atoms with E-state index in [-0.39, 0.29) is 11.1 Å². The van der Waals surface area contributed by atoms with Gasteiger partial charge in [0.15, 0.2) is 0 Å². The molecule has 0 N–H and O–H groups in total. The summed E-state index contributed by atoms with van der Waals surface area (Å²) in [4.78, 5) is 20.8. The minimum atomic E-state index is -0.877. The lowest BCUT2D eigenvalue weighted by Gasteiger charge is -2.01. The molecule has 0 spiro atoms. The molecule has 0 atom stereocenters. The fourth-order valence-electron chi connectivity index (χ4n) is 1.18. The highest BCUT2D eigenvalue weighted by Gasteiger charge is 2.21. The van der Waals surface area contributed by atoms with Crippen molar-refractivity contribution in [2.45, 2.75) is 6.92 Å². The van der Waals surface area contributed by atoms with Gasteiger partial charge in [-0.1, -0.05) is 0 Å². The van der Waals surface area contributed by atoms with Crippen LogP contribution < -0.4 is 0 Å². The van der Waals surface area contributed by atoms with Gasteiger partial charge in [-0.05, 0) is 30.2 Å². The molecule has 5 nitrogen and oxygen atoms in total. The second-order valence-corrected chi connectivity index (χ2v) is 3.19. The van der Waals surface area contributed by atoms with Crippen LogP contribution in [0.5, 0.6) is 0 Å². The average Bonchev–Trinajstić information content (AvgIpc) is 2.16. The van der Waals surface area contributed by atoms with E-state index < -0.39 is 15.9 Å². The van der Waals surface area contributed by atoms with Crippen molar-refractivity contribution in [2.24, 2.45) is 0 Å². The smallest absolute Gasteiger partial charge is 0.276 e. The molecular formula is C9H5ClN2O3. The van der Waals surface area contributed by atoms with Crippen molar-refractivity contribution < 1.29 is 9.72 Å². The Bertz CT molecular complexity index is 456. The molecule has 0 heterocycles. The molecule has 0 saturated carbocycles. The molecule has 0 aliphatic carbocycles. The minimum Gasteiger partial charge on any atom is -0.276 e. The standard InChI is InChI=1S/C9H5ClN2O3/c1-5-2-6(9(10)13)7(4-11)8(3-5)12(14)15/h2-3H,1H3. The van der Waals surface area contributed by atoms with Gasteiger partial charge in [0.25, 0.3) is 10.9 Å². The van der Waals surface area contributed by atoms with Crippen molar-refractivity contribution in [1.82, 2.24) is 0 Å². The Morgan fingerprint density at radius 1 is 1.60 bits per heavy atom. The molecule has 0 aliphatic heterocycles. The Labute approximate surface area is 90.0 Å². The summed E-state index contributed by atoms with van der Waals surface area (Å²) < 4.78 is 0. The maximum absolute atomic E-state index is 10.9. The Hall–Kier alpha value is -1.93. The summed E-state index contributed by atoms with van der Waals surface area (Å²) in [6.07, 6.45) is 0. The van der Waals surface area contributed by atoms with Gasteiger partial charge in [0, 0.05) is 6.07 Å². The van der Waals surface area contributed by atoms with Crippen molar-refractivity contribution in [3.8, 4) is 6.07 Å². The number of carbonyl (C=O) groups excluding carboxylic acids is 1. The highest BCUT2D eigenvalue weighted by molar-refractivity contribution is 6.68. The van der Waals surface area contributed by atoms with Crippen LogP contribution in [-0.4, -0.2) is 10.2 Å². The lowest BCUT2D eigenvalue weighted by atomic mass is 10.0. The molecule has 1 rings (SSSR count). The minimum absolute atomic E-state index is 0.133. The number of nitro groups is 1. The maximum atomic E-state index is 10.9.